The smallest absolute Gasteiger partial charge is 0.341 e. The zero-order valence-corrected chi connectivity index (χ0v) is 10.6. The predicted octanol–water partition coefficient (Wildman–Crippen LogP) is 2.29. The standard InChI is InChI=1S/C13H19NO3/c1-4-10(5-2)8-14-9(3)6-7-11(12(14)15)13(16)17/h6-7,10H,4-5,8H2,1-3H3,(H,16,17). The Balaban J connectivity index is 3.18. The van der Waals surface area contributed by atoms with E-state index in [0.29, 0.717) is 12.5 Å². The van der Waals surface area contributed by atoms with Crippen LogP contribution in [0, 0.1) is 12.8 Å². The van der Waals surface area contributed by atoms with Gasteiger partial charge in [0, 0.05) is 12.2 Å². The Labute approximate surface area is 101 Å². The minimum atomic E-state index is -1.16. The molecule has 0 aliphatic heterocycles. The molecule has 1 N–H and O–H groups in total. The summed E-state index contributed by atoms with van der Waals surface area (Å²) in [6.07, 6.45) is 1.97. The average Bonchev–Trinajstić information content (AvgIpc) is 2.29. The molecule has 0 aromatic carbocycles. The van der Waals surface area contributed by atoms with Gasteiger partial charge in [0.05, 0.1) is 0 Å². The SMILES string of the molecule is CCC(CC)Cn1c(C)ccc(C(=O)O)c1=O. The Bertz CT molecular complexity index is 458. The highest BCUT2D eigenvalue weighted by molar-refractivity contribution is 5.87. The summed E-state index contributed by atoms with van der Waals surface area (Å²) in [7, 11) is 0. The van der Waals surface area contributed by atoms with E-state index in [1.54, 1.807) is 10.6 Å². The topological polar surface area (TPSA) is 59.3 Å². The third-order valence-corrected chi connectivity index (χ3v) is 3.22. The molecule has 0 spiro atoms. The fourth-order valence-electron chi connectivity index (χ4n) is 1.87. The van der Waals surface area contributed by atoms with Gasteiger partial charge in [0.2, 0.25) is 0 Å². The van der Waals surface area contributed by atoms with E-state index in [9.17, 15) is 9.59 Å². The quantitative estimate of drug-likeness (QED) is 0.854. The van der Waals surface area contributed by atoms with Crippen LogP contribution in [-0.4, -0.2) is 15.6 Å². The van der Waals surface area contributed by atoms with Gasteiger partial charge in [-0.3, -0.25) is 4.79 Å². The molecule has 1 aromatic heterocycles. The molecule has 0 amide bonds. The molecule has 0 saturated heterocycles. The lowest BCUT2D eigenvalue weighted by Crippen LogP contribution is -2.30. The van der Waals surface area contributed by atoms with Crippen LogP contribution < -0.4 is 5.56 Å². The van der Waals surface area contributed by atoms with Crippen molar-refractivity contribution in [2.45, 2.75) is 40.2 Å². The molecule has 0 aliphatic carbocycles. The third kappa shape index (κ3) is 2.96. The molecular formula is C13H19NO3. The van der Waals surface area contributed by atoms with Gasteiger partial charge in [-0.25, -0.2) is 4.79 Å². The number of carboxylic acids is 1. The van der Waals surface area contributed by atoms with Crippen molar-refractivity contribution in [3.63, 3.8) is 0 Å². The van der Waals surface area contributed by atoms with Gasteiger partial charge in [-0.15, -0.1) is 0 Å². The normalized spacial score (nSPS) is 10.8. The van der Waals surface area contributed by atoms with E-state index in [1.165, 1.54) is 6.07 Å². The van der Waals surface area contributed by atoms with E-state index in [4.69, 9.17) is 5.11 Å². The Morgan fingerprint density at radius 3 is 2.41 bits per heavy atom. The Morgan fingerprint density at radius 1 is 1.35 bits per heavy atom. The molecule has 0 aliphatic rings. The first kappa shape index (κ1) is 13.5. The van der Waals surface area contributed by atoms with Gasteiger partial charge in [-0.2, -0.15) is 0 Å². The Hall–Kier alpha value is -1.58. The summed E-state index contributed by atoms with van der Waals surface area (Å²) < 4.78 is 1.57. The summed E-state index contributed by atoms with van der Waals surface area (Å²) in [4.78, 5) is 22.9. The summed E-state index contributed by atoms with van der Waals surface area (Å²) in [6, 6.07) is 3.07. The number of nitrogens with zero attached hydrogens (tertiary/aromatic N) is 1. The third-order valence-electron chi connectivity index (χ3n) is 3.22. The van der Waals surface area contributed by atoms with Crippen molar-refractivity contribution < 1.29 is 9.90 Å². The van der Waals surface area contributed by atoms with Gasteiger partial charge in [-0.05, 0) is 25.0 Å². The Kier molecular flexibility index (Phi) is 4.49. The molecule has 0 saturated carbocycles. The van der Waals surface area contributed by atoms with Crippen LogP contribution in [0.15, 0.2) is 16.9 Å². The number of aryl methyl sites for hydroxylation is 1. The maximum absolute atomic E-state index is 12.0. The summed E-state index contributed by atoms with van der Waals surface area (Å²) in [5.41, 5.74) is 0.262. The first-order valence-corrected chi connectivity index (χ1v) is 5.94. The van der Waals surface area contributed by atoms with Crippen molar-refractivity contribution in [3.05, 3.63) is 33.7 Å². The van der Waals surface area contributed by atoms with Crippen molar-refractivity contribution in [2.24, 2.45) is 5.92 Å². The van der Waals surface area contributed by atoms with Crippen LogP contribution in [0.2, 0.25) is 0 Å². The molecule has 4 nitrogen and oxygen atoms in total. The van der Waals surface area contributed by atoms with Crippen LogP contribution in [0.25, 0.3) is 0 Å². The summed E-state index contributed by atoms with van der Waals surface area (Å²) in [5.74, 6) is -0.747. The lowest BCUT2D eigenvalue weighted by Gasteiger charge is -2.17. The largest absolute Gasteiger partial charge is 0.477 e. The van der Waals surface area contributed by atoms with Crippen molar-refractivity contribution >= 4 is 5.97 Å². The second-order valence-electron chi connectivity index (χ2n) is 4.29. The van der Waals surface area contributed by atoms with Crippen LogP contribution in [0.5, 0.6) is 0 Å². The van der Waals surface area contributed by atoms with E-state index in [1.807, 2.05) is 6.92 Å². The molecular weight excluding hydrogens is 218 g/mol. The highest BCUT2D eigenvalue weighted by atomic mass is 16.4. The monoisotopic (exact) mass is 237 g/mol. The molecule has 0 fully saturated rings. The molecule has 0 radical (unpaired) electrons. The van der Waals surface area contributed by atoms with E-state index < -0.39 is 11.5 Å². The zero-order valence-electron chi connectivity index (χ0n) is 10.6. The molecule has 1 rings (SSSR count). The minimum absolute atomic E-state index is 0.151. The van der Waals surface area contributed by atoms with Gasteiger partial charge in [0.15, 0.2) is 0 Å². The molecule has 4 heteroatoms. The van der Waals surface area contributed by atoms with Crippen LogP contribution in [0.1, 0.15) is 42.7 Å². The number of carboxylic acid groups (broad SMARTS) is 1. The van der Waals surface area contributed by atoms with Crippen LogP contribution in [0.4, 0.5) is 0 Å². The number of pyridine rings is 1. The fraction of sp³-hybridized carbons (Fsp3) is 0.538. The lowest BCUT2D eigenvalue weighted by atomic mass is 10.0. The Morgan fingerprint density at radius 2 is 1.94 bits per heavy atom. The van der Waals surface area contributed by atoms with E-state index in [2.05, 4.69) is 13.8 Å². The zero-order chi connectivity index (χ0) is 13.0. The van der Waals surface area contributed by atoms with Crippen LogP contribution >= 0.6 is 0 Å². The first-order chi connectivity index (χ1) is 8.01. The highest BCUT2D eigenvalue weighted by Gasteiger charge is 2.14. The molecule has 0 atom stereocenters. The van der Waals surface area contributed by atoms with Crippen molar-refractivity contribution in [1.29, 1.82) is 0 Å². The minimum Gasteiger partial charge on any atom is -0.477 e. The van der Waals surface area contributed by atoms with E-state index in [-0.39, 0.29) is 5.56 Å². The van der Waals surface area contributed by atoms with Gasteiger partial charge in [0.1, 0.15) is 5.56 Å². The van der Waals surface area contributed by atoms with Gasteiger partial charge < -0.3 is 9.67 Å². The lowest BCUT2D eigenvalue weighted by molar-refractivity contribution is 0.0694. The first-order valence-electron chi connectivity index (χ1n) is 5.94. The molecule has 17 heavy (non-hydrogen) atoms. The van der Waals surface area contributed by atoms with E-state index in [0.717, 1.165) is 18.5 Å². The van der Waals surface area contributed by atoms with Crippen molar-refractivity contribution in [2.75, 3.05) is 0 Å². The maximum atomic E-state index is 12.0. The number of rotatable bonds is 5. The average molecular weight is 237 g/mol. The highest BCUT2D eigenvalue weighted by Crippen LogP contribution is 2.11. The number of aromatic nitrogens is 1. The number of hydrogen-bond donors (Lipinski definition) is 1. The predicted molar refractivity (Wildman–Crippen MR) is 66.5 cm³/mol. The van der Waals surface area contributed by atoms with Gasteiger partial charge >= 0.3 is 5.97 Å². The molecule has 0 bridgehead atoms. The van der Waals surface area contributed by atoms with Crippen LogP contribution in [-0.2, 0) is 6.54 Å². The number of carbonyl (C=O) groups is 1. The van der Waals surface area contributed by atoms with E-state index >= 15 is 0 Å². The van der Waals surface area contributed by atoms with Crippen molar-refractivity contribution in [1.82, 2.24) is 4.57 Å². The number of aromatic carboxylic acids is 1. The number of hydrogen-bond acceptors (Lipinski definition) is 2. The maximum Gasteiger partial charge on any atom is 0.341 e. The van der Waals surface area contributed by atoms with Crippen LogP contribution in [0.3, 0.4) is 0 Å². The molecule has 94 valence electrons. The molecule has 1 heterocycles. The van der Waals surface area contributed by atoms with Gasteiger partial charge in [0.25, 0.3) is 5.56 Å². The second kappa shape index (κ2) is 5.66. The summed E-state index contributed by atoms with van der Waals surface area (Å²) >= 11 is 0. The summed E-state index contributed by atoms with van der Waals surface area (Å²) in [5, 5.41) is 8.92. The van der Waals surface area contributed by atoms with Gasteiger partial charge in [-0.1, -0.05) is 26.7 Å². The second-order valence-corrected chi connectivity index (χ2v) is 4.29. The molecule has 1 aromatic rings. The molecule has 0 unspecified atom stereocenters. The van der Waals surface area contributed by atoms with Crippen molar-refractivity contribution in [3.8, 4) is 0 Å². The summed E-state index contributed by atoms with van der Waals surface area (Å²) in [6.45, 7) is 6.58. The fourth-order valence-corrected chi connectivity index (χ4v) is 1.87.